The molecule has 0 saturated heterocycles. The van der Waals surface area contributed by atoms with Crippen molar-refractivity contribution >= 4 is 30.3 Å². The van der Waals surface area contributed by atoms with Gasteiger partial charge in [0.1, 0.15) is 0 Å². The second-order valence-electron chi connectivity index (χ2n) is 0.747. The molecule has 0 aromatic heterocycles. The number of hydrogen-bond acceptors (Lipinski definition) is 1. The summed E-state index contributed by atoms with van der Waals surface area (Å²) in [6.45, 7) is 0. The quantitative estimate of drug-likeness (QED) is 0.563. The number of rotatable bonds is 1. The van der Waals surface area contributed by atoms with E-state index in [2.05, 4.69) is 0 Å². The molecule has 0 heterocycles. The Labute approximate surface area is 44.8 Å². The summed E-state index contributed by atoms with van der Waals surface area (Å²) >= 11 is 0.351. The van der Waals surface area contributed by atoms with Crippen molar-refractivity contribution in [1.29, 1.82) is 0 Å². The van der Waals surface area contributed by atoms with E-state index in [4.69, 9.17) is 5.11 Å². The van der Waals surface area contributed by atoms with Crippen LogP contribution in [0.3, 0.4) is 0 Å². The van der Waals surface area contributed by atoms with Crippen molar-refractivity contribution < 1.29 is 9.90 Å². The Morgan fingerprint density at radius 3 is 2.20 bits per heavy atom. The van der Waals surface area contributed by atoms with Crippen LogP contribution in [0.5, 0.6) is 0 Å². The fraction of sp³-hybridized carbons (Fsp3) is 0.500. The predicted molar refractivity (Wildman–Crippen MR) is 21.0 cm³/mol. The molecule has 0 aliphatic rings. The minimum absolute atomic E-state index is 0.351. The molecule has 0 unspecified atom stereocenters. The number of carbonyl (C=O) groups is 1. The van der Waals surface area contributed by atoms with Gasteiger partial charge in [0, 0.05) is 0 Å². The first-order valence-corrected chi connectivity index (χ1v) is 5.52. The van der Waals surface area contributed by atoms with E-state index in [0.717, 1.165) is 0 Å². The van der Waals surface area contributed by atoms with Crippen LogP contribution >= 0.6 is 0 Å². The molecule has 0 rings (SSSR count). The molecule has 0 aromatic carbocycles. The second-order valence-corrected chi connectivity index (χ2v) is 2.77. The van der Waals surface area contributed by atoms with Gasteiger partial charge in [-0.15, -0.1) is 0 Å². The summed E-state index contributed by atoms with van der Waals surface area (Å²) in [6, 6.07) is 0. The Morgan fingerprint density at radius 2 is 2.20 bits per heavy atom. The molecule has 0 spiro atoms. The van der Waals surface area contributed by atoms with E-state index >= 15 is 0 Å². The first kappa shape index (κ1) is 5.34. The molecule has 0 atom stereocenters. The Balaban J connectivity index is 2.85. The van der Waals surface area contributed by atoms with Crippen LogP contribution in [0.15, 0.2) is 0 Å². The molecule has 0 radical (unpaired) electrons. The topological polar surface area (TPSA) is 37.3 Å². The van der Waals surface area contributed by atoms with Crippen molar-refractivity contribution in [3.63, 3.8) is 0 Å². The Bertz CT molecular complexity index is 42.9. The molecule has 0 aliphatic carbocycles. The summed E-state index contributed by atoms with van der Waals surface area (Å²) < 4.78 is 0.432. The fourth-order valence-electron chi connectivity index (χ4n) is 0. The summed E-state index contributed by atoms with van der Waals surface area (Å²) in [5, 5.41) is 7.77. The van der Waals surface area contributed by atoms with Crippen LogP contribution in [0.25, 0.3) is 0 Å². The maximum absolute atomic E-state index is 9.42. The molecule has 28 valence electrons. The van der Waals surface area contributed by atoms with Crippen LogP contribution in [0.2, 0.25) is 4.18 Å². The van der Waals surface area contributed by atoms with Gasteiger partial charge in [0.2, 0.25) is 0 Å². The van der Waals surface area contributed by atoms with Crippen molar-refractivity contribution in [3.05, 3.63) is 0 Å². The normalized spacial score (nSPS) is 7.20. The van der Waals surface area contributed by atoms with E-state index in [0.29, 0.717) is 28.6 Å². The van der Waals surface area contributed by atoms with Crippen molar-refractivity contribution in [1.82, 2.24) is 0 Å². The van der Waals surface area contributed by atoms with E-state index in [-0.39, 0.29) is 0 Å². The Kier molecular flexibility index (Phi) is 2.75. The Morgan fingerprint density at radius 1 is 2.00 bits per heavy atom. The molecule has 0 amide bonds. The SMILES string of the molecule is O=C(O)[CH2][InH2]. The van der Waals surface area contributed by atoms with Crippen molar-refractivity contribution in [2.45, 2.75) is 4.18 Å². The van der Waals surface area contributed by atoms with Crippen LogP contribution in [-0.4, -0.2) is 35.5 Å². The van der Waals surface area contributed by atoms with Gasteiger partial charge < -0.3 is 0 Å². The average Bonchev–Trinajstić information content (AvgIpc) is 1.38. The maximum atomic E-state index is 9.42. The number of carboxylic acid groups (broad SMARTS) is 1. The number of carboxylic acids is 1. The molecular weight excluding hydrogens is 171 g/mol. The molecule has 0 bridgehead atoms. The van der Waals surface area contributed by atoms with Crippen LogP contribution < -0.4 is 0 Å². The van der Waals surface area contributed by atoms with Gasteiger partial charge in [-0.05, 0) is 0 Å². The molecule has 0 fully saturated rings. The first-order chi connectivity index (χ1) is 2.27. The zero-order valence-corrected chi connectivity index (χ0v) is 8.77. The Hall–Kier alpha value is 0.340. The van der Waals surface area contributed by atoms with Gasteiger partial charge in [-0.2, -0.15) is 0 Å². The summed E-state index contributed by atoms with van der Waals surface area (Å²) in [4.78, 5) is 9.42. The average molecular weight is 176 g/mol. The van der Waals surface area contributed by atoms with Crippen LogP contribution in [-0.2, 0) is 4.79 Å². The molecule has 0 aromatic rings. The molecule has 0 aliphatic heterocycles. The molecular formula is C2H5InO2. The molecule has 0 saturated carbocycles. The standard InChI is InChI=1S/C2H3O2.In.2H/c1-2(3)4;;;/h1H2,(H,3,4);;;. The van der Waals surface area contributed by atoms with Crippen molar-refractivity contribution in [3.8, 4) is 0 Å². The van der Waals surface area contributed by atoms with Crippen LogP contribution in [0, 0.1) is 0 Å². The van der Waals surface area contributed by atoms with E-state index in [1.54, 1.807) is 0 Å². The fourth-order valence-corrected chi connectivity index (χ4v) is 0. The van der Waals surface area contributed by atoms with Gasteiger partial charge in [-0.25, -0.2) is 0 Å². The number of hydrogen-bond donors (Lipinski definition) is 1. The summed E-state index contributed by atoms with van der Waals surface area (Å²) in [5.74, 6) is -0.652. The van der Waals surface area contributed by atoms with Gasteiger partial charge in [-0.1, -0.05) is 0 Å². The number of aliphatic carboxylic acids is 1. The van der Waals surface area contributed by atoms with Crippen molar-refractivity contribution in [2.75, 3.05) is 0 Å². The first-order valence-electron chi connectivity index (χ1n) is 1.49. The minimum atomic E-state index is -0.652. The van der Waals surface area contributed by atoms with E-state index in [9.17, 15) is 4.79 Å². The molecule has 2 nitrogen and oxygen atoms in total. The summed E-state index contributed by atoms with van der Waals surface area (Å²) in [5.41, 5.74) is 0. The van der Waals surface area contributed by atoms with Gasteiger partial charge in [-0.3, -0.25) is 0 Å². The van der Waals surface area contributed by atoms with Crippen molar-refractivity contribution in [2.24, 2.45) is 0 Å². The van der Waals surface area contributed by atoms with Gasteiger partial charge in [0.15, 0.2) is 0 Å². The van der Waals surface area contributed by atoms with E-state index in [1.165, 1.54) is 0 Å². The van der Waals surface area contributed by atoms with Gasteiger partial charge in [0.05, 0.1) is 0 Å². The van der Waals surface area contributed by atoms with E-state index in [1.807, 2.05) is 0 Å². The third-order valence-electron chi connectivity index (χ3n) is 0.302. The second kappa shape index (κ2) is 2.57. The summed E-state index contributed by atoms with van der Waals surface area (Å²) in [7, 11) is 0. The third kappa shape index (κ3) is 4.34. The zero-order chi connectivity index (χ0) is 4.28. The monoisotopic (exact) mass is 176 g/mol. The van der Waals surface area contributed by atoms with E-state index < -0.39 is 5.97 Å². The van der Waals surface area contributed by atoms with Crippen LogP contribution in [0.1, 0.15) is 0 Å². The van der Waals surface area contributed by atoms with Gasteiger partial charge in [0.25, 0.3) is 0 Å². The zero-order valence-electron chi connectivity index (χ0n) is 3.06. The molecule has 5 heavy (non-hydrogen) atoms. The van der Waals surface area contributed by atoms with Crippen LogP contribution in [0.4, 0.5) is 0 Å². The predicted octanol–water partition coefficient (Wildman–Crippen LogP) is -0.878. The molecule has 1 N–H and O–H groups in total. The van der Waals surface area contributed by atoms with Gasteiger partial charge >= 0.3 is 44.4 Å². The third-order valence-corrected chi connectivity index (χ3v) is 2.03. The summed E-state index contributed by atoms with van der Waals surface area (Å²) in [6.07, 6.45) is 0. The molecule has 3 heteroatoms.